The van der Waals surface area contributed by atoms with Crippen LogP contribution in [0.2, 0.25) is 0 Å². The molecule has 0 saturated heterocycles. The minimum Gasteiger partial charge on any atom is -0.394 e. The van der Waals surface area contributed by atoms with E-state index in [1.54, 1.807) is 0 Å². The molecule has 1 saturated carbocycles. The van der Waals surface area contributed by atoms with Crippen LogP contribution in [0, 0.1) is 20.4 Å². The van der Waals surface area contributed by atoms with Gasteiger partial charge in [0.05, 0.1) is 34.6 Å². The molecule has 9 nitrogen and oxygen atoms in total. The molecular formula is C18H21BrN8O. The molecule has 1 aliphatic carbocycles. The third-order valence-corrected chi connectivity index (χ3v) is 6.10. The summed E-state index contributed by atoms with van der Waals surface area (Å²) >= 11 is 3.47. The first kappa shape index (κ1) is 18.7. The number of hydrogen-bond donors (Lipinski definition) is 3. The van der Waals surface area contributed by atoms with Crippen LogP contribution in [0.4, 0.5) is 17.3 Å². The summed E-state index contributed by atoms with van der Waals surface area (Å²) in [5, 5.41) is 21.8. The van der Waals surface area contributed by atoms with E-state index in [9.17, 15) is 5.11 Å². The summed E-state index contributed by atoms with van der Waals surface area (Å²) in [7, 11) is 0. The average Bonchev–Trinajstić information content (AvgIpc) is 3.31. The Hall–Kier alpha value is -2.64. The van der Waals surface area contributed by atoms with Crippen LogP contribution in [0.15, 0.2) is 10.5 Å². The largest absolute Gasteiger partial charge is 0.394 e. The first-order valence-corrected chi connectivity index (χ1v) is 9.82. The predicted octanol–water partition coefficient (Wildman–Crippen LogP) is 2.57. The van der Waals surface area contributed by atoms with Crippen molar-refractivity contribution in [2.75, 3.05) is 24.2 Å². The summed E-state index contributed by atoms with van der Waals surface area (Å²) < 4.78 is 4.18. The van der Waals surface area contributed by atoms with Gasteiger partial charge in [-0.2, -0.15) is 10.2 Å². The van der Waals surface area contributed by atoms with E-state index >= 15 is 0 Å². The van der Waals surface area contributed by atoms with Crippen LogP contribution in [0.5, 0.6) is 0 Å². The molecule has 0 atom stereocenters. The van der Waals surface area contributed by atoms with Gasteiger partial charge < -0.3 is 16.2 Å². The summed E-state index contributed by atoms with van der Waals surface area (Å²) in [4.78, 5) is 8.06. The lowest BCUT2D eigenvalue weighted by Gasteiger charge is -2.14. The second kappa shape index (κ2) is 6.76. The fourth-order valence-corrected chi connectivity index (χ4v) is 3.74. The summed E-state index contributed by atoms with van der Waals surface area (Å²) in [6.45, 7) is 12.0. The number of aliphatic hydroxyl groups is 1. The van der Waals surface area contributed by atoms with Crippen molar-refractivity contribution in [2.24, 2.45) is 0 Å². The van der Waals surface area contributed by atoms with Crippen molar-refractivity contribution in [3.8, 4) is 0 Å². The van der Waals surface area contributed by atoms with Gasteiger partial charge in [-0.15, -0.1) is 0 Å². The normalized spacial score (nSPS) is 15.0. The Labute approximate surface area is 170 Å². The van der Waals surface area contributed by atoms with E-state index < -0.39 is 0 Å². The molecule has 3 heterocycles. The van der Waals surface area contributed by atoms with Crippen LogP contribution in [0.25, 0.3) is 10.5 Å². The molecule has 1 fully saturated rings. The van der Waals surface area contributed by atoms with E-state index in [-0.39, 0.29) is 23.7 Å². The Kier molecular flexibility index (Phi) is 4.51. The zero-order chi connectivity index (χ0) is 20.1. The van der Waals surface area contributed by atoms with Gasteiger partial charge in [0.15, 0.2) is 5.65 Å². The second-order valence-electron chi connectivity index (χ2n) is 7.19. The summed E-state index contributed by atoms with van der Waals surface area (Å²) in [5.74, 6) is 0.695. The highest BCUT2D eigenvalue weighted by atomic mass is 79.9. The number of fused-ring (bicyclic) bond motifs is 1. The van der Waals surface area contributed by atoms with E-state index in [2.05, 4.69) is 41.3 Å². The van der Waals surface area contributed by atoms with Crippen molar-refractivity contribution in [1.82, 2.24) is 24.4 Å². The highest BCUT2D eigenvalue weighted by molar-refractivity contribution is 9.10. The summed E-state index contributed by atoms with van der Waals surface area (Å²) in [6, 6.07) is 2.04. The molecule has 0 aromatic carbocycles. The average molecular weight is 445 g/mol. The van der Waals surface area contributed by atoms with Gasteiger partial charge >= 0.3 is 0 Å². The molecule has 3 aromatic heterocycles. The third kappa shape index (κ3) is 2.91. The quantitative estimate of drug-likeness (QED) is 0.503. The highest BCUT2D eigenvalue weighted by Crippen LogP contribution is 2.43. The maximum Gasteiger partial charge on any atom is 0.268 e. The van der Waals surface area contributed by atoms with Crippen molar-refractivity contribution < 1.29 is 5.11 Å². The van der Waals surface area contributed by atoms with Crippen LogP contribution in [-0.4, -0.2) is 42.6 Å². The molecule has 28 heavy (non-hydrogen) atoms. The number of anilines is 2. The van der Waals surface area contributed by atoms with Gasteiger partial charge in [-0.1, -0.05) is 0 Å². The van der Waals surface area contributed by atoms with Crippen molar-refractivity contribution in [3.63, 3.8) is 0 Å². The van der Waals surface area contributed by atoms with E-state index in [1.807, 2.05) is 24.6 Å². The first-order chi connectivity index (χ1) is 13.4. The van der Waals surface area contributed by atoms with Crippen LogP contribution in [0.3, 0.4) is 0 Å². The monoisotopic (exact) mass is 444 g/mol. The number of nitrogens with zero attached hydrogens (tertiary/aromatic N) is 6. The molecule has 1 aliphatic rings. The van der Waals surface area contributed by atoms with Crippen molar-refractivity contribution in [3.05, 3.63) is 39.0 Å². The van der Waals surface area contributed by atoms with Crippen molar-refractivity contribution in [1.29, 1.82) is 0 Å². The molecule has 10 heteroatoms. The van der Waals surface area contributed by atoms with E-state index in [4.69, 9.17) is 12.3 Å². The molecule has 0 spiro atoms. The van der Waals surface area contributed by atoms with Gasteiger partial charge in [-0.25, -0.2) is 14.3 Å². The SMILES string of the molecule is [C-]#[N+]c1c(NCCc2cc(C)n(C3(CO)CC3)n2)nc2c(Br)c(C)nn2c1N. The minimum atomic E-state index is -0.208. The predicted molar refractivity (Wildman–Crippen MR) is 110 cm³/mol. The standard InChI is InChI=1S/C18H21BrN8O/c1-10-8-12(25-27(10)18(9-28)5-6-18)4-7-22-16-14(21-3)15(20)26-17(23-16)13(19)11(2)24-26/h8,28H,4-7,9,20H2,1-2H3,(H,22,23). The Morgan fingerprint density at radius 1 is 1.39 bits per heavy atom. The van der Waals surface area contributed by atoms with Gasteiger partial charge in [0.2, 0.25) is 0 Å². The van der Waals surface area contributed by atoms with Crippen LogP contribution < -0.4 is 11.1 Å². The summed E-state index contributed by atoms with van der Waals surface area (Å²) in [6.07, 6.45) is 2.58. The van der Waals surface area contributed by atoms with Gasteiger partial charge in [-0.3, -0.25) is 4.68 Å². The van der Waals surface area contributed by atoms with E-state index in [1.165, 1.54) is 4.52 Å². The number of aryl methyl sites for hydroxylation is 2. The number of rotatable bonds is 6. The Balaban J connectivity index is 1.54. The zero-order valence-corrected chi connectivity index (χ0v) is 17.3. The number of halogens is 1. The van der Waals surface area contributed by atoms with E-state index in [0.717, 1.165) is 34.4 Å². The van der Waals surface area contributed by atoms with Gasteiger partial charge in [-0.05, 0) is 48.7 Å². The lowest BCUT2D eigenvalue weighted by molar-refractivity contribution is 0.200. The lowest BCUT2D eigenvalue weighted by atomic mass is 10.2. The fraction of sp³-hybridized carbons (Fsp3) is 0.444. The number of nitrogens with one attached hydrogen (secondary N) is 1. The Morgan fingerprint density at radius 3 is 2.79 bits per heavy atom. The number of aliphatic hydroxyl groups excluding tert-OH is 1. The van der Waals surface area contributed by atoms with Crippen LogP contribution >= 0.6 is 15.9 Å². The molecule has 146 valence electrons. The smallest absolute Gasteiger partial charge is 0.268 e. The maximum atomic E-state index is 9.63. The number of aromatic nitrogens is 5. The molecule has 0 amide bonds. The van der Waals surface area contributed by atoms with Gasteiger partial charge in [0.1, 0.15) is 11.6 Å². The molecule has 0 unspecified atom stereocenters. The van der Waals surface area contributed by atoms with Gasteiger partial charge in [0.25, 0.3) is 5.69 Å². The highest BCUT2D eigenvalue weighted by Gasteiger charge is 2.45. The Morgan fingerprint density at radius 2 is 2.14 bits per heavy atom. The molecule has 4 rings (SSSR count). The molecular weight excluding hydrogens is 424 g/mol. The van der Waals surface area contributed by atoms with Crippen LogP contribution in [-0.2, 0) is 12.0 Å². The van der Waals surface area contributed by atoms with Crippen LogP contribution in [0.1, 0.15) is 29.9 Å². The molecule has 0 bridgehead atoms. The molecule has 0 aliphatic heterocycles. The number of nitrogen functional groups attached to an aromatic ring is 1. The molecule has 3 aromatic rings. The summed E-state index contributed by atoms with van der Waals surface area (Å²) in [5.41, 5.74) is 9.49. The number of nitrogens with two attached hydrogens (primary N) is 1. The first-order valence-electron chi connectivity index (χ1n) is 9.03. The molecule has 4 N–H and O–H groups in total. The third-order valence-electron chi connectivity index (χ3n) is 5.17. The van der Waals surface area contributed by atoms with Crippen molar-refractivity contribution >= 4 is 38.9 Å². The minimum absolute atomic E-state index is 0.116. The number of hydrogen-bond acceptors (Lipinski definition) is 6. The fourth-order valence-electron chi connectivity index (χ4n) is 3.41. The lowest BCUT2D eigenvalue weighted by Crippen LogP contribution is -2.24. The molecule has 0 radical (unpaired) electrons. The van der Waals surface area contributed by atoms with Crippen molar-refractivity contribution in [2.45, 2.75) is 38.6 Å². The zero-order valence-electron chi connectivity index (χ0n) is 15.7. The van der Waals surface area contributed by atoms with E-state index in [0.29, 0.717) is 24.4 Å². The maximum absolute atomic E-state index is 9.63. The topological polar surface area (TPSA) is 111 Å². The van der Waals surface area contributed by atoms with Gasteiger partial charge in [0, 0.05) is 18.7 Å². The second-order valence-corrected chi connectivity index (χ2v) is 7.98. The Bertz CT molecular complexity index is 1110.